The van der Waals surface area contributed by atoms with E-state index in [2.05, 4.69) is 10.4 Å². The topological polar surface area (TPSA) is 84.3 Å². The number of rotatable bonds is 6. The van der Waals surface area contributed by atoms with Crippen molar-refractivity contribution in [3.05, 3.63) is 76.4 Å². The number of aromatic nitrogens is 2. The molecule has 4 rings (SSSR count). The Balaban J connectivity index is 1.38. The molecule has 0 atom stereocenters. The van der Waals surface area contributed by atoms with Gasteiger partial charge in [0.1, 0.15) is 5.82 Å². The molecule has 0 fully saturated rings. The summed E-state index contributed by atoms with van der Waals surface area (Å²) >= 11 is 6.06. The van der Waals surface area contributed by atoms with Gasteiger partial charge in [-0.15, -0.1) is 0 Å². The Morgan fingerprint density at radius 3 is 2.40 bits per heavy atom. The molecule has 0 spiro atoms. The van der Waals surface area contributed by atoms with Crippen LogP contribution >= 0.6 is 11.6 Å². The first-order chi connectivity index (χ1) is 14.4. The molecular weight excluding hydrogens is 404 g/mol. The van der Waals surface area contributed by atoms with Gasteiger partial charge in [0, 0.05) is 24.1 Å². The summed E-state index contributed by atoms with van der Waals surface area (Å²) in [6.07, 6.45) is 0.523. The van der Waals surface area contributed by atoms with Crippen LogP contribution in [-0.4, -0.2) is 38.9 Å². The van der Waals surface area contributed by atoms with Gasteiger partial charge in [-0.1, -0.05) is 29.8 Å². The predicted molar refractivity (Wildman–Crippen MR) is 113 cm³/mol. The highest BCUT2D eigenvalue weighted by molar-refractivity contribution is 6.30. The molecule has 1 aromatic heterocycles. The monoisotopic (exact) mass is 422 g/mol. The Kier molecular flexibility index (Phi) is 5.37. The summed E-state index contributed by atoms with van der Waals surface area (Å²) in [5, 5.41) is 7.82. The molecule has 7 nitrogen and oxygen atoms in total. The average molecular weight is 423 g/mol. The Morgan fingerprint density at radius 2 is 1.73 bits per heavy atom. The standard InChI is InChI=1S/C22H19ClN4O3/c1-14-12-19(27(25-14)16-7-4-6-15(23)13-16)24-20(28)10-5-11-26-21(29)17-8-2-3-9-18(17)22(26)30/h2-4,6-9,12-13H,5,10-11H2,1H3,(H,24,28). The largest absolute Gasteiger partial charge is 0.311 e. The second-order valence-electron chi connectivity index (χ2n) is 7.02. The smallest absolute Gasteiger partial charge is 0.261 e. The van der Waals surface area contributed by atoms with Gasteiger partial charge in [-0.3, -0.25) is 19.3 Å². The lowest BCUT2D eigenvalue weighted by Crippen LogP contribution is -2.31. The number of anilines is 1. The molecule has 3 aromatic rings. The third-order valence-electron chi connectivity index (χ3n) is 4.82. The predicted octanol–water partition coefficient (Wildman–Crippen LogP) is 3.85. The first-order valence-corrected chi connectivity index (χ1v) is 9.89. The maximum Gasteiger partial charge on any atom is 0.261 e. The van der Waals surface area contributed by atoms with Crippen LogP contribution in [0.15, 0.2) is 54.6 Å². The molecule has 152 valence electrons. The van der Waals surface area contributed by atoms with Crippen LogP contribution < -0.4 is 5.32 Å². The minimum atomic E-state index is -0.314. The van der Waals surface area contributed by atoms with E-state index < -0.39 is 0 Å². The summed E-state index contributed by atoms with van der Waals surface area (Å²) in [5.74, 6) is -0.327. The van der Waals surface area contributed by atoms with E-state index in [1.807, 2.05) is 19.1 Å². The van der Waals surface area contributed by atoms with Crippen LogP contribution in [0.4, 0.5) is 5.82 Å². The first-order valence-electron chi connectivity index (χ1n) is 9.52. The SMILES string of the molecule is Cc1cc(NC(=O)CCCN2C(=O)c3ccccc3C2=O)n(-c2cccc(Cl)c2)n1. The van der Waals surface area contributed by atoms with Crippen molar-refractivity contribution >= 4 is 35.1 Å². The van der Waals surface area contributed by atoms with Crippen molar-refractivity contribution in [3.63, 3.8) is 0 Å². The molecule has 0 saturated heterocycles. The quantitative estimate of drug-likeness (QED) is 0.611. The van der Waals surface area contributed by atoms with Gasteiger partial charge in [0.2, 0.25) is 5.91 Å². The Labute approximate surface area is 178 Å². The van der Waals surface area contributed by atoms with E-state index in [0.29, 0.717) is 28.4 Å². The number of fused-ring (bicyclic) bond motifs is 1. The number of halogens is 1. The molecule has 0 aliphatic carbocycles. The van der Waals surface area contributed by atoms with Gasteiger partial charge in [0.25, 0.3) is 11.8 Å². The number of imide groups is 1. The average Bonchev–Trinajstić information content (AvgIpc) is 3.20. The number of carbonyl (C=O) groups excluding carboxylic acids is 3. The second-order valence-corrected chi connectivity index (χ2v) is 7.46. The zero-order chi connectivity index (χ0) is 21.3. The molecule has 0 unspecified atom stereocenters. The van der Waals surface area contributed by atoms with Crippen LogP contribution in [0.3, 0.4) is 0 Å². The molecule has 2 aromatic carbocycles. The van der Waals surface area contributed by atoms with Gasteiger partial charge in [0.05, 0.1) is 22.5 Å². The first kappa shape index (κ1) is 19.8. The van der Waals surface area contributed by atoms with E-state index in [4.69, 9.17) is 11.6 Å². The van der Waals surface area contributed by atoms with E-state index in [9.17, 15) is 14.4 Å². The van der Waals surface area contributed by atoms with E-state index >= 15 is 0 Å². The van der Waals surface area contributed by atoms with Crippen molar-refractivity contribution in [2.75, 3.05) is 11.9 Å². The molecule has 0 radical (unpaired) electrons. The summed E-state index contributed by atoms with van der Waals surface area (Å²) in [4.78, 5) is 38.4. The fraction of sp³-hybridized carbons (Fsp3) is 0.182. The van der Waals surface area contributed by atoms with E-state index in [1.165, 1.54) is 4.90 Å². The fourth-order valence-electron chi connectivity index (χ4n) is 3.44. The maximum atomic E-state index is 12.5. The highest BCUT2D eigenvalue weighted by atomic mass is 35.5. The van der Waals surface area contributed by atoms with E-state index in [-0.39, 0.29) is 30.7 Å². The Morgan fingerprint density at radius 1 is 1.03 bits per heavy atom. The minimum Gasteiger partial charge on any atom is -0.311 e. The van der Waals surface area contributed by atoms with Crippen LogP contribution in [0.25, 0.3) is 5.69 Å². The fourth-order valence-corrected chi connectivity index (χ4v) is 3.62. The summed E-state index contributed by atoms with van der Waals surface area (Å²) in [6.45, 7) is 2.02. The van der Waals surface area contributed by atoms with Crippen molar-refractivity contribution in [1.82, 2.24) is 14.7 Å². The number of aryl methyl sites for hydroxylation is 1. The third kappa shape index (κ3) is 3.84. The van der Waals surface area contributed by atoms with Gasteiger partial charge in [0.15, 0.2) is 0 Å². The molecular formula is C22H19ClN4O3. The molecule has 3 amide bonds. The number of amides is 3. The second kappa shape index (κ2) is 8.12. The highest BCUT2D eigenvalue weighted by Crippen LogP contribution is 2.23. The van der Waals surface area contributed by atoms with Gasteiger partial charge >= 0.3 is 0 Å². The summed E-state index contributed by atoms with van der Waals surface area (Å²) in [5.41, 5.74) is 2.30. The van der Waals surface area contributed by atoms with Crippen LogP contribution in [0.5, 0.6) is 0 Å². The van der Waals surface area contributed by atoms with Gasteiger partial charge in [-0.05, 0) is 43.7 Å². The molecule has 8 heteroatoms. The lowest BCUT2D eigenvalue weighted by atomic mass is 10.1. The van der Waals surface area contributed by atoms with Crippen LogP contribution in [0, 0.1) is 6.92 Å². The third-order valence-corrected chi connectivity index (χ3v) is 5.05. The van der Waals surface area contributed by atoms with Crippen LogP contribution in [0.2, 0.25) is 5.02 Å². The zero-order valence-corrected chi connectivity index (χ0v) is 17.0. The molecule has 0 bridgehead atoms. The van der Waals surface area contributed by atoms with Crippen molar-refractivity contribution in [2.45, 2.75) is 19.8 Å². The molecule has 0 saturated carbocycles. The molecule has 1 N–H and O–H groups in total. The van der Waals surface area contributed by atoms with Crippen molar-refractivity contribution in [3.8, 4) is 5.69 Å². The Bertz CT molecular complexity index is 1120. The van der Waals surface area contributed by atoms with Crippen molar-refractivity contribution in [2.24, 2.45) is 0 Å². The summed E-state index contributed by atoms with van der Waals surface area (Å²) in [6, 6.07) is 15.7. The molecule has 1 aliphatic rings. The van der Waals surface area contributed by atoms with E-state index in [0.717, 1.165) is 11.4 Å². The van der Waals surface area contributed by atoms with Crippen molar-refractivity contribution < 1.29 is 14.4 Å². The summed E-state index contributed by atoms with van der Waals surface area (Å²) in [7, 11) is 0. The number of hydrogen-bond donors (Lipinski definition) is 1. The van der Waals surface area contributed by atoms with Crippen LogP contribution in [0.1, 0.15) is 39.3 Å². The number of nitrogens with one attached hydrogen (secondary N) is 1. The number of benzene rings is 2. The minimum absolute atomic E-state index is 0.160. The number of hydrogen-bond acceptors (Lipinski definition) is 4. The normalized spacial score (nSPS) is 12.9. The Hall–Kier alpha value is -3.45. The number of nitrogens with zero attached hydrogens (tertiary/aromatic N) is 3. The van der Waals surface area contributed by atoms with Crippen LogP contribution in [-0.2, 0) is 4.79 Å². The summed E-state index contributed by atoms with van der Waals surface area (Å²) < 4.78 is 1.61. The molecule has 30 heavy (non-hydrogen) atoms. The van der Waals surface area contributed by atoms with Crippen molar-refractivity contribution in [1.29, 1.82) is 0 Å². The van der Waals surface area contributed by atoms with Gasteiger partial charge < -0.3 is 5.32 Å². The maximum absolute atomic E-state index is 12.5. The lowest BCUT2D eigenvalue weighted by Gasteiger charge is -2.13. The zero-order valence-electron chi connectivity index (χ0n) is 16.3. The van der Waals surface area contributed by atoms with E-state index in [1.54, 1.807) is 47.1 Å². The number of carbonyl (C=O) groups is 3. The van der Waals surface area contributed by atoms with Gasteiger partial charge in [-0.2, -0.15) is 5.10 Å². The molecule has 1 aliphatic heterocycles. The lowest BCUT2D eigenvalue weighted by molar-refractivity contribution is -0.116. The highest BCUT2D eigenvalue weighted by Gasteiger charge is 2.34. The molecule has 2 heterocycles. The van der Waals surface area contributed by atoms with Gasteiger partial charge in [-0.25, -0.2) is 4.68 Å².